The van der Waals surface area contributed by atoms with Crippen LogP contribution >= 0.6 is 23.2 Å². The number of imidazole rings is 1. The van der Waals surface area contributed by atoms with Crippen LogP contribution in [0.15, 0.2) is 66.2 Å². The first kappa shape index (κ1) is 25.1. The predicted octanol–water partition coefficient (Wildman–Crippen LogP) is 3.66. The Morgan fingerprint density at radius 2 is 2.00 bits per heavy atom. The summed E-state index contributed by atoms with van der Waals surface area (Å²) in [5, 5.41) is 0.238. The van der Waals surface area contributed by atoms with Crippen molar-refractivity contribution in [3.63, 3.8) is 0 Å². The van der Waals surface area contributed by atoms with Gasteiger partial charge in [0.05, 0.1) is 30.8 Å². The number of hydrogen-bond donors (Lipinski definition) is 0. The average molecular weight is 533 g/mol. The zero-order chi connectivity index (χ0) is 25.1. The maximum atomic E-state index is 11.6. The summed E-state index contributed by atoms with van der Waals surface area (Å²) in [4.78, 5) is 19.9. The van der Waals surface area contributed by atoms with E-state index in [1.54, 1.807) is 19.4 Å². The molecule has 2 aliphatic heterocycles. The third-order valence-electron chi connectivity index (χ3n) is 6.84. The normalized spacial score (nSPS) is 28.3. The number of anilines is 1. The second-order valence-corrected chi connectivity index (χ2v) is 10.2. The monoisotopic (exact) mass is 532 g/mol. The number of benzene rings is 1. The fourth-order valence-electron chi connectivity index (χ4n) is 4.89. The molecule has 2 unspecified atom stereocenters. The van der Waals surface area contributed by atoms with Crippen LogP contribution in [-0.2, 0) is 20.8 Å². The number of halogens is 2. The number of rotatable bonds is 7. The standard InChI is InChI=1S/C26H30Cl2N4O4/c1-19(33)31-10-12-32(13-11-31)21-3-5-22(6-4-21)34-15-23-16-35-26(36-23,17-30-9-8-29-18-30)24-7-2-20(27)14-25(24)28/h2-9,14,18,23-25H,10-13,15-17H2,1H3/t23-,24?,25?,26-/m0/s1. The van der Waals surface area contributed by atoms with Crippen LogP contribution in [0.2, 0.25) is 0 Å². The van der Waals surface area contributed by atoms with Crippen molar-refractivity contribution in [2.45, 2.75) is 30.7 Å². The van der Waals surface area contributed by atoms with Crippen molar-refractivity contribution >= 4 is 34.8 Å². The van der Waals surface area contributed by atoms with Gasteiger partial charge in [0.1, 0.15) is 18.5 Å². The van der Waals surface area contributed by atoms with E-state index < -0.39 is 5.79 Å². The molecule has 0 bridgehead atoms. The molecule has 4 atom stereocenters. The van der Waals surface area contributed by atoms with Gasteiger partial charge >= 0.3 is 0 Å². The number of nitrogens with zero attached hydrogens (tertiary/aromatic N) is 4. The molecule has 3 aliphatic rings. The number of aromatic nitrogens is 2. The Morgan fingerprint density at radius 1 is 1.22 bits per heavy atom. The van der Waals surface area contributed by atoms with Crippen molar-refractivity contribution in [1.82, 2.24) is 14.5 Å². The Balaban J connectivity index is 1.19. The molecule has 1 aromatic carbocycles. The highest BCUT2D eigenvalue weighted by atomic mass is 35.5. The van der Waals surface area contributed by atoms with E-state index in [2.05, 4.69) is 22.0 Å². The fraction of sp³-hybridized carbons (Fsp3) is 0.462. The number of amides is 1. The average Bonchev–Trinajstić information content (AvgIpc) is 3.54. The molecule has 0 saturated carbocycles. The minimum absolute atomic E-state index is 0.131. The molecule has 0 N–H and O–H groups in total. The van der Waals surface area contributed by atoms with Crippen LogP contribution in [0.5, 0.6) is 5.75 Å². The van der Waals surface area contributed by atoms with E-state index in [4.69, 9.17) is 37.4 Å². The Kier molecular flexibility index (Phi) is 7.57. The lowest BCUT2D eigenvalue weighted by Gasteiger charge is -2.37. The predicted molar refractivity (Wildman–Crippen MR) is 138 cm³/mol. The summed E-state index contributed by atoms with van der Waals surface area (Å²) in [6, 6.07) is 8.03. The number of carbonyl (C=O) groups excluding carboxylic acids is 1. The molecule has 3 heterocycles. The summed E-state index contributed by atoms with van der Waals surface area (Å²) in [6.07, 6.45) is 10.7. The summed E-state index contributed by atoms with van der Waals surface area (Å²) < 4.78 is 20.8. The van der Waals surface area contributed by atoms with Crippen LogP contribution in [0, 0.1) is 5.92 Å². The third-order valence-corrected chi connectivity index (χ3v) is 7.49. The van der Waals surface area contributed by atoms with Gasteiger partial charge in [-0.05, 0) is 36.4 Å². The van der Waals surface area contributed by atoms with E-state index in [0.29, 0.717) is 24.8 Å². The lowest BCUT2D eigenvalue weighted by atomic mass is 9.90. The third kappa shape index (κ3) is 5.57. The smallest absolute Gasteiger partial charge is 0.219 e. The molecule has 5 rings (SSSR count). The maximum Gasteiger partial charge on any atom is 0.219 e. The number of ether oxygens (including phenoxy) is 3. The van der Waals surface area contributed by atoms with E-state index in [1.807, 2.05) is 46.0 Å². The van der Waals surface area contributed by atoms with Gasteiger partial charge in [0.15, 0.2) is 5.79 Å². The quantitative estimate of drug-likeness (QED) is 0.507. The zero-order valence-corrected chi connectivity index (χ0v) is 21.6. The van der Waals surface area contributed by atoms with Gasteiger partial charge in [0, 0.05) is 56.2 Å². The highest BCUT2D eigenvalue weighted by Crippen LogP contribution is 2.40. The molecule has 0 radical (unpaired) electrons. The molecule has 1 aromatic heterocycles. The lowest BCUT2D eigenvalue weighted by molar-refractivity contribution is -0.204. The van der Waals surface area contributed by atoms with E-state index >= 15 is 0 Å². The van der Waals surface area contributed by atoms with Crippen molar-refractivity contribution in [2.75, 3.05) is 44.3 Å². The van der Waals surface area contributed by atoms with Gasteiger partial charge in [-0.1, -0.05) is 17.7 Å². The van der Waals surface area contributed by atoms with Gasteiger partial charge in [-0.15, -0.1) is 11.6 Å². The lowest BCUT2D eigenvalue weighted by Crippen LogP contribution is -2.48. The summed E-state index contributed by atoms with van der Waals surface area (Å²) in [5.41, 5.74) is 1.12. The molecule has 8 nitrogen and oxygen atoms in total. The van der Waals surface area contributed by atoms with Crippen molar-refractivity contribution in [2.24, 2.45) is 5.92 Å². The number of hydrogen-bond acceptors (Lipinski definition) is 6. The topological polar surface area (TPSA) is 69.1 Å². The van der Waals surface area contributed by atoms with Crippen molar-refractivity contribution in [3.05, 3.63) is 66.2 Å². The number of piperazine rings is 1. The van der Waals surface area contributed by atoms with Gasteiger partial charge in [0.25, 0.3) is 0 Å². The van der Waals surface area contributed by atoms with Crippen LogP contribution in [0.1, 0.15) is 6.92 Å². The second kappa shape index (κ2) is 10.8. The highest BCUT2D eigenvalue weighted by molar-refractivity contribution is 6.32. The summed E-state index contributed by atoms with van der Waals surface area (Å²) in [6.45, 7) is 5.94. The fourth-order valence-corrected chi connectivity index (χ4v) is 5.57. The minimum atomic E-state index is -0.961. The molecule has 0 spiro atoms. The van der Waals surface area contributed by atoms with Gasteiger partial charge in [-0.3, -0.25) is 4.79 Å². The maximum absolute atomic E-state index is 11.6. The molecule has 1 aliphatic carbocycles. The summed E-state index contributed by atoms with van der Waals surface area (Å²) in [5.74, 6) is -0.291. The minimum Gasteiger partial charge on any atom is -0.491 e. The molecule has 2 saturated heterocycles. The first-order valence-electron chi connectivity index (χ1n) is 12.1. The number of alkyl halides is 1. The number of allylic oxidation sites excluding steroid dienone is 3. The molecule has 192 valence electrons. The van der Waals surface area contributed by atoms with E-state index in [0.717, 1.165) is 37.6 Å². The van der Waals surface area contributed by atoms with Crippen molar-refractivity contribution in [1.29, 1.82) is 0 Å². The Morgan fingerprint density at radius 3 is 2.67 bits per heavy atom. The molecule has 10 heteroatoms. The SMILES string of the molecule is CC(=O)N1CCN(c2ccc(OC[C@H]3CO[C@](Cn4ccnc4)(C4C=CC(Cl)=CC4Cl)O3)cc2)CC1. The Hall–Kier alpha value is -2.52. The molecular weight excluding hydrogens is 503 g/mol. The number of carbonyl (C=O) groups is 1. The highest BCUT2D eigenvalue weighted by Gasteiger charge is 2.50. The molecule has 2 fully saturated rings. The van der Waals surface area contributed by atoms with Crippen LogP contribution < -0.4 is 9.64 Å². The Labute approximate surface area is 221 Å². The van der Waals surface area contributed by atoms with Gasteiger partial charge in [-0.2, -0.15) is 0 Å². The van der Waals surface area contributed by atoms with Crippen molar-refractivity contribution in [3.8, 4) is 5.75 Å². The summed E-state index contributed by atoms with van der Waals surface area (Å²) in [7, 11) is 0. The second-order valence-electron chi connectivity index (χ2n) is 9.28. The van der Waals surface area contributed by atoms with Crippen LogP contribution in [0.3, 0.4) is 0 Å². The van der Waals surface area contributed by atoms with E-state index in [1.165, 1.54) is 0 Å². The van der Waals surface area contributed by atoms with Gasteiger partial charge < -0.3 is 28.6 Å². The molecular formula is C26H30Cl2N4O4. The largest absolute Gasteiger partial charge is 0.491 e. The molecule has 1 amide bonds. The summed E-state index contributed by atoms with van der Waals surface area (Å²) >= 11 is 12.8. The van der Waals surface area contributed by atoms with Gasteiger partial charge in [-0.25, -0.2) is 4.98 Å². The molecule has 36 heavy (non-hydrogen) atoms. The zero-order valence-electron chi connectivity index (χ0n) is 20.1. The van der Waals surface area contributed by atoms with Crippen LogP contribution in [0.4, 0.5) is 5.69 Å². The first-order valence-corrected chi connectivity index (χ1v) is 12.9. The van der Waals surface area contributed by atoms with Crippen molar-refractivity contribution < 1.29 is 19.0 Å². The molecule has 2 aromatic rings. The first-order chi connectivity index (χ1) is 17.4. The van der Waals surface area contributed by atoms with E-state index in [9.17, 15) is 4.79 Å². The Bertz CT molecular complexity index is 1100. The van der Waals surface area contributed by atoms with Gasteiger partial charge in [0.2, 0.25) is 5.91 Å². The van der Waals surface area contributed by atoms with Crippen LogP contribution in [0.25, 0.3) is 0 Å². The van der Waals surface area contributed by atoms with Crippen LogP contribution in [-0.4, -0.2) is 77.0 Å². The van der Waals surface area contributed by atoms with E-state index in [-0.39, 0.29) is 23.3 Å².